The molecule has 0 saturated heterocycles. The van der Waals surface area contributed by atoms with Gasteiger partial charge in [0.15, 0.2) is 5.96 Å². The molecule has 0 radical (unpaired) electrons. The third-order valence-electron chi connectivity index (χ3n) is 4.56. The first-order valence-corrected chi connectivity index (χ1v) is 8.72. The van der Waals surface area contributed by atoms with Crippen LogP contribution in [0.3, 0.4) is 0 Å². The predicted octanol–water partition coefficient (Wildman–Crippen LogP) is 3.76. The van der Waals surface area contributed by atoms with Crippen LogP contribution in [0.4, 0.5) is 8.78 Å². The molecule has 0 spiro atoms. The van der Waals surface area contributed by atoms with Crippen LogP contribution in [-0.2, 0) is 0 Å². The van der Waals surface area contributed by atoms with Crippen molar-refractivity contribution in [3.8, 4) is 5.75 Å². The zero-order valence-electron chi connectivity index (χ0n) is 14.9. The summed E-state index contributed by atoms with van der Waals surface area (Å²) in [5.41, 5.74) is 1.57. The third-order valence-corrected chi connectivity index (χ3v) is 4.56. The lowest BCUT2D eigenvalue weighted by atomic mass is 10.00. The van der Waals surface area contributed by atoms with Gasteiger partial charge in [-0.3, -0.25) is 4.99 Å². The normalized spacial score (nSPS) is 17.8. The SMILES string of the molecule is CN=C(NCC(C)c1ccc(F)cc1F)NC1CCOc2ccccc21. The van der Waals surface area contributed by atoms with Crippen LogP contribution in [0.1, 0.15) is 36.4 Å². The highest BCUT2D eigenvalue weighted by atomic mass is 19.1. The molecule has 4 nitrogen and oxygen atoms in total. The molecule has 3 rings (SSSR count). The van der Waals surface area contributed by atoms with Crippen LogP contribution < -0.4 is 15.4 Å². The molecule has 6 heteroatoms. The molecule has 0 fully saturated rings. The Morgan fingerprint density at radius 1 is 1.27 bits per heavy atom. The van der Waals surface area contributed by atoms with Crippen LogP contribution in [0.25, 0.3) is 0 Å². The number of hydrogen-bond acceptors (Lipinski definition) is 2. The summed E-state index contributed by atoms with van der Waals surface area (Å²) in [7, 11) is 1.70. The smallest absolute Gasteiger partial charge is 0.191 e. The van der Waals surface area contributed by atoms with E-state index in [-0.39, 0.29) is 12.0 Å². The lowest BCUT2D eigenvalue weighted by Crippen LogP contribution is -2.42. The van der Waals surface area contributed by atoms with Gasteiger partial charge in [-0.05, 0) is 17.7 Å². The summed E-state index contributed by atoms with van der Waals surface area (Å²) < 4.78 is 32.7. The Morgan fingerprint density at radius 3 is 2.85 bits per heavy atom. The van der Waals surface area contributed by atoms with Crippen LogP contribution >= 0.6 is 0 Å². The largest absolute Gasteiger partial charge is 0.493 e. The maximum absolute atomic E-state index is 13.9. The molecular weight excluding hydrogens is 336 g/mol. The van der Waals surface area contributed by atoms with E-state index < -0.39 is 11.6 Å². The van der Waals surface area contributed by atoms with E-state index in [0.717, 1.165) is 23.8 Å². The maximum atomic E-state index is 13.9. The van der Waals surface area contributed by atoms with E-state index >= 15 is 0 Å². The summed E-state index contributed by atoms with van der Waals surface area (Å²) in [5.74, 6) is 0.299. The molecule has 2 aromatic carbocycles. The molecule has 0 saturated carbocycles. The number of ether oxygens (including phenoxy) is 1. The molecule has 2 N–H and O–H groups in total. The molecule has 2 unspecified atom stereocenters. The fourth-order valence-electron chi connectivity index (χ4n) is 3.11. The number of hydrogen-bond donors (Lipinski definition) is 2. The second-order valence-electron chi connectivity index (χ2n) is 6.39. The minimum absolute atomic E-state index is 0.101. The van der Waals surface area contributed by atoms with Crippen molar-refractivity contribution in [3.05, 3.63) is 65.2 Å². The quantitative estimate of drug-likeness (QED) is 0.645. The van der Waals surface area contributed by atoms with Crippen molar-refractivity contribution < 1.29 is 13.5 Å². The van der Waals surface area contributed by atoms with Gasteiger partial charge in [-0.15, -0.1) is 0 Å². The summed E-state index contributed by atoms with van der Waals surface area (Å²) in [6, 6.07) is 11.7. The van der Waals surface area contributed by atoms with Gasteiger partial charge in [0.2, 0.25) is 0 Å². The Hall–Kier alpha value is -2.63. The van der Waals surface area contributed by atoms with Crippen molar-refractivity contribution in [2.75, 3.05) is 20.2 Å². The first kappa shape index (κ1) is 18.2. The number of para-hydroxylation sites is 1. The van der Waals surface area contributed by atoms with E-state index in [1.165, 1.54) is 12.1 Å². The van der Waals surface area contributed by atoms with Gasteiger partial charge in [-0.25, -0.2) is 8.78 Å². The minimum Gasteiger partial charge on any atom is -0.493 e. The van der Waals surface area contributed by atoms with Crippen molar-refractivity contribution >= 4 is 5.96 Å². The lowest BCUT2D eigenvalue weighted by Gasteiger charge is -2.28. The zero-order valence-corrected chi connectivity index (χ0v) is 14.9. The Kier molecular flexibility index (Phi) is 5.71. The van der Waals surface area contributed by atoms with Crippen LogP contribution in [0.15, 0.2) is 47.5 Å². The van der Waals surface area contributed by atoms with Crippen LogP contribution in [-0.4, -0.2) is 26.2 Å². The molecule has 0 aliphatic carbocycles. The molecule has 0 bridgehead atoms. The number of benzene rings is 2. The Labute approximate surface area is 152 Å². The van der Waals surface area contributed by atoms with E-state index in [1.807, 2.05) is 31.2 Å². The van der Waals surface area contributed by atoms with Crippen LogP contribution in [0, 0.1) is 11.6 Å². The van der Waals surface area contributed by atoms with Gasteiger partial charge in [0, 0.05) is 37.6 Å². The van der Waals surface area contributed by atoms with Crippen LogP contribution in [0.2, 0.25) is 0 Å². The van der Waals surface area contributed by atoms with E-state index in [1.54, 1.807) is 7.05 Å². The predicted molar refractivity (Wildman–Crippen MR) is 98.6 cm³/mol. The van der Waals surface area contributed by atoms with E-state index in [4.69, 9.17) is 4.74 Å². The summed E-state index contributed by atoms with van der Waals surface area (Å²) in [4.78, 5) is 4.26. The van der Waals surface area contributed by atoms with Gasteiger partial charge in [0.1, 0.15) is 17.4 Å². The highest BCUT2D eigenvalue weighted by Crippen LogP contribution is 2.31. The molecule has 1 aliphatic heterocycles. The fraction of sp³-hybridized carbons (Fsp3) is 0.350. The van der Waals surface area contributed by atoms with E-state index in [0.29, 0.717) is 24.7 Å². The second kappa shape index (κ2) is 8.17. The maximum Gasteiger partial charge on any atom is 0.191 e. The molecule has 0 amide bonds. The lowest BCUT2D eigenvalue weighted by molar-refractivity contribution is 0.261. The Morgan fingerprint density at radius 2 is 2.08 bits per heavy atom. The summed E-state index contributed by atoms with van der Waals surface area (Å²) in [5, 5.41) is 6.62. The van der Waals surface area contributed by atoms with Crippen molar-refractivity contribution in [3.63, 3.8) is 0 Å². The number of nitrogens with zero attached hydrogens (tertiary/aromatic N) is 1. The van der Waals surface area contributed by atoms with Gasteiger partial charge >= 0.3 is 0 Å². The molecule has 0 aromatic heterocycles. The number of guanidine groups is 1. The zero-order chi connectivity index (χ0) is 18.5. The number of fused-ring (bicyclic) bond motifs is 1. The van der Waals surface area contributed by atoms with Gasteiger partial charge in [-0.1, -0.05) is 31.2 Å². The number of nitrogens with one attached hydrogen (secondary N) is 2. The van der Waals surface area contributed by atoms with Gasteiger partial charge in [0.05, 0.1) is 12.6 Å². The topological polar surface area (TPSA) is 45.7 Å². The van der Waals surface area contributed by atoms with Crippen LogP contribution in [0.5, 0.6) is 5.75 Å². The number of aliphatic imine (C=N–C) groups is 1. The molecule has 1 aliphatic rings. The molecule has 1 heterocycles. The first-order chi connectivity index (χ1) is 12.6. The average Bonchev–Trinajstić information content (AvgIpc) is 2.65. The van der Waals surface area contributed by atoms with Gasteiger partial charge < -0.3 is 15.4 Å². The summed E-state index contributed by atoms with van der Waals surface area (Å²) in [6.07, 6.45) is 0.833. The van der Waals surface area contributed by atoms with Crippen molar-refractivity contribution in [2.45, 2.75) is 25.3 Å². The van der Waals surface area contributed by atoms with Gasteiger partial charge in [-0.2, -0.15) is 0 Å². The molecule has 26 heavy (non-hydrogen) atoms. The fourth-order valence-corrected chi connectivity index (χ4v) is 3.11. The van der Waals surface area contributed by atoms with Crippen molar-refractivity contribution in [2.24, 2.45) is 4.99 Å². The molecule has 2 atom stereocenters. The highest BCUT2D eigenvalue weighted by molar-refractivity contribution is 5.80. The van der Waals surface area contributed by atoms with Crippen molar-refractivity contribution in [1.82, 2.24) is 10.6 Å². The summed E-state index contributed by atoms with van der Waals surface area (Å²) in [6.45, 7) is 3.01. The highest BCUT2D eigenvalue weighted by Gasteiger charge is 2.22. The first-order valence-electron chi connectivity index (χ1n) is 8.72. The van der Waals surface area contributed by atoms with E-state index in [2.05, 4.69) is 15.6 Å². The van der Waals surface area contributed by atoms with Crippen molar-refractivity contribution in [1.29, 1.82) is 0 Å². The summed E-state index contributed by atoms with van der Waals surface area (Å²) >= 11 is 0. The number of halogens is 2. The minimum atomic E-state index is -0.568. The molecule has 2 aromatic rings. The average molecular weight is 359 g/mol. The monoisotopic (exact) mass is 359 g/mol. The standard InChI is InChI=1S/C20H23F2N3O/c1-13(15-8-7-14(21)11-17(15)22)12-24-20(23-2)25-18-9-10-26-19-6-4-3-5-16(18)19/h3-8,11,13,18H,9-10,12H2,1-2H3,(H2,23,24,25). The van der Waals surface area contributed by atoms with E-state index in [9.17, 15) is 8.78 Å². The third kappa shape index (κ3) is 4.12. The Bertz CT molecular complexity index is 794. The number of rotatable bonds is 4. The van der Waals surface area contributed by atoms with Gasteiger partial charge in [0.25, 0.3) is 0 Å². The molecular formula is C20H23F2N3O. The molecule has 138 valence electrons. The Balaban J connectivity index is 1.62. The second-order valence-corrected chi connectivity index (χ2v) is 6.39.